The summed E-state index contributed by atoms with van der Waals surface area (Å²) in [6.45, 7) is 10.3. The van der Waals surface area contributed by atoms with E-state index in [-0.39, 0.29) is 24.7 Å². The van der Waals surface area contributed by atoms with Gasteiger partial charge in [-0.25, -0.2) is 9.59 Å². The molecule has 2 aromatic rings. The Morgan fingerprint density at radius 1 is 0.714 bits per heavy atom. The lowest BCUT2D eigenvalue weighted by atomic mass is 9.48. The van der Waals surface area contributed by atoms with Crippen molar-refractivity contribution in [2.75, 3.05) is 0 Å². The summed E-state index contributed by atoms with van der Waals surface area (Å²) in [6.07, 6.45) is -3.01. The van der Waals surface area contributed by atoms with E-state index < -0.39 is 64.9 Å². The van der Waals surface area contributed by atoms with E-state index in [0.29, 0.717) is 11.1 Å². The molecule has 2 aromatic carbocycles. The minimum absolute atomic E-state index is 0.256. The highest BCUT2D eigenvalue weighted by atomic mass is 16.6. The van der Waals surface area contributed by atoms with Crippen molar-refractivity contribution in [1.29, 1.82) is 0 Å². The molecule has 2 aliphatic carbocycles. The summed E-state index contributed by atoms with van der Waals surface area (Å²) in [5, 5.41) is 0. The summed E-state index contributed by atoms with van der Waals surface area (Å²) < 4.78 is 31.4. The van der Waals surface area contributed by atoms with Crippen LogP contribution in [0.15, 0.2) is 60.7 Å². The quantitative estimate of drug-likeness (QED) is 0.348. The van der Waals surface area contributed by atoms with Crippen molar-refractivity contribution < 1.29 is 42.9 Å². The molecule has 42 heavy (non-hydrogen) atoms. The third-order valence-electron chi connectivity index (χ3n) is 9.45. The van der Waals surface area contributed by atoms with Crippen molar-refractivity contribution in [2.45, 2.75) is 90.0 Å². The molecule has 0 radical (unpaired) electrons. The van der Waals surface area contributed by atoms with E-state index >= 15 is 0 Å². The molecule has 1 saturated heterocycles. The lowest BCUT2D eigenvalue weighted by molar-refractivity contribution is -0.302. The van der Waals surface area contributed by atoms with Crippen LogP contribution >= 0.6 is 0 Å². The van der Waals surface area contributed by atoms with Crippen LogP contribution in [0.4, 0.5) is 0 Å². The number of carbonyl (C=O) groups excluding carboxylic acids is 4. The van der Waals surface area contributed by atoms with Gasteiger partial charge in [0.1, 0.15) is 23.9 Å². The fourth-order valence-corrected chi connectivity index (χ4v) is 7.69. The standard InChI is InChI=1S/C33H38O9/c1-19-17-25(40-29(36)22-13-9-7-10-14-22)28(39-21(3)35)32(6)26(41-30(37)23-15-11-8-12-16-23)18-24-27(38-20(2)34)33(19,32)42-31(24,4)5/h7-16,19,24-28H,17-18H2,1-6H3/t19-,24-,25+,26+,27-,28+,32-,33-/m1/s1. The Bertz CT molecular complexity index is 1360. The molecule has 0 aromatic heterocycles. The second-order valence-electron chi connectivity index (χ2n) is 12.4. The Hall–Kier alpha value is -3.72. The van der Waals surface area contributed by atoms with Gasteiger partial charge < -0.3 is 23.7 Å². The van der Waals surface area contributed by atoms with E-state index in [2.05, 4.69) is 0 Å². The molecule has 1 aliphatic heterocycles. The average Bonchev–Trinajstić information content (AvgIpc) is 3.11. The third kappa shape index (κ3) is 4.77. The molecule has 9 heteroatoms. The molecule has 224 valence electrons. The van der Waals surface area contributed by atoms with Gasteiger partial charge in [0.25, 0.3) is 0 Å². The summed E-state index contributed by atoms with van der Waals surface area (Å²) in [7, 11) is 0. The molecule has 3 fully saturated rings. The number of ether oxygens (including phenoxy) is 5. The molecule has 2 bridgehead atoms. The molecule has 8 atom stereocenters. The number of benzene rings is 2. The van der Waals surface area contributed by atoms with Gasteiger partial charge in [-0.2, -0.15) is 0 Å². The van der Waals surface area contributed by atoms with E-state index in [4.69, 9.17) is 23.7 Å². The van der Waals surface area contributed by atoms with Gasteiger partial charge in [0, 0.05) is 19.8 Å². The number of hydrogen-bond acceptors (Lipinski definition) is 9. The maximum Gasteiger partial charge on any atom is 0.338 e. The molecule has 1 spiro atoms. The maximum absolute atomic E-state index is 13.5. The predicted octanol–water partition coefficient (Wildman–Crippen LogP) is 4.91. The van der Waals surface area contributed by atoms with Crippen LogP contribution in [-0.2, 0) is 33.3 Å². The third-order valence-corrected chi connectivity index (χ3v) is 9.45. The summed E-state index contributed by atoms with van der Waals surface area (Å²) in [5.74, 6) is -2.87. The van der Waals surface area contributed by atoms with Crippen LogP contribution in [0.2, 0.25) is 0 Å². The number of fused-ring (bicyclic) bond motifs is 1. The molecule has 9 nitrogen and oxygen atoms in total. The van der Waals surface area contributed by atoms with Gasteiger partial charge in [-0.3, -0.25) is 9.59 Å². The molecule has 0 N–H and O–H groups in total. The van der Waals surface area contributed by atoms with Gasteiger partial charge in [-0.1, -0.05) is 43.3 Å². The predicted molar refractivity (Wildman–Crippen MR) is 150 cm³/mol. The molecule has 0 unspecified atom stereocenters. The lowest BCUT2D eigenvalue weighted by Crippen LogP contribution is -2.76. The van der Waals surface area contributed by atoms with Crippen molar-refractivity contribution in [2.24, 2.45) is 17.3 Å². The van der Waals surface area contributed by atoms with E-state index in [1.807, 2.05) is 27.7 Å². The number of hydrogen-bond donors (Lipinski definition) is 0. The minimum Gasteiger partial charge on any atom is -0.459 e. The first-order chi connectivity index (χ1) is 19.8. The number of carbonyl (C=O) groups is 4. The van der Waals surface area contributed by atoms with E-state index in [1.165, 1.54) is 13.8 Å². The van der Waals surface area contributed by atoms with E-state index in [9.17, 15) is 19.2 Å². The summed E-state index contributed by atoms with van der Waals surface area (Å²) in [4.78, 5) is 51.9. The van der Waals surface area contributed by atoms with E-state index in [1.54, 1.807) is 60.7 Å². The molecule has 5 rings (SSSR count). The van der Waals surface area contributed by atoms with Gasteiger partial charge in [0.15, 0.2) is 6.10 Å². The lowest BCUT2D eigenvalue weighted by Gasteiger charge is -2.62. The van der Waals surface area contributed by atoms with E-state index in [0.717, 1.165) is 0 Å². The first-order valence-corrected chi connectivity index (χ1v) is 14.4. The van der Waals surface area contributed by atoms with Crippen LogP contribution in [0.1, 0.15) is 75.1 Å². The van der Waals surface area contributed by atoms with Crippen LogP contribution < -0.4 is 0 Å². The van der Waals surface area contributed by atoms with Gasteiger partial charge >= 0.3 is 23.9 Å². The van der Waals surface area contributed by atoms with Gasteiger partial charge in [-0.15, -0.1) is 0 Å². The molecule has 1 heterocycles. The largest absolute Gasteiger partial charge is 0.459 e. The highest BCUT2D eigenvalue weighted by Crippen LogP contribution is 2.68. The monoisotopic (exact) mass is 578 g/mol. The Morgan fingerprint density at radius 2 is 1.21 bits per heavy atom. The summed E-state index contributed by atoms with van der Waals surface area (Å²) in [6, 6.07) is 17.2. The van der Waals surface area contributed by atoms with Crippen molar-refractivity contribution >= 4 is 23.9 Å². The average molecular weight is 579 g/mol. The van der Waals surface area contributed by atoms with Crippen LogP contribution in [0, 0.1) is 17.3 Å². The topological polar surface area (TPSA) is 114 Å². The van der Waals surface area contributed by atoms with Gasteiger partial charge in [0.05, 0.1) is 22.1 Å². The second kappa shape index (κ2) is 10.8. The zero-order valence-corrected chi connectivity index (χ0v) is 24.8. The first-order valence-electron chi connectivity index (χ1n) is 14.4. The zero-order valence-electron chi connectivity index (χ0n) is 24.8. The van der Waals surface area contributed by atoms with Crippen molar-refractivity contribution in [3.05, 3.63) is 71.8 Å². The Kier molecular flexibility index (Phi) is 7.68. The van der Waals surface area contributed by atoms with Crippen LogP contribution in [0.25, 0.3) is 0 Å². The van der Waals surface area contributed by atoms with Crippen molar-refractivity contribution in [1.82, 2.24) is 0 Å². The van der Waals surface area contributed by atoms with Gasteiger partial charge in [-0.05, 0) is 63.8 Å². The SMILES string of the molecule is CC(=O)O[C@@H]1[C@H]2C[C@H](OC(=O)c3ccccc3)[C@]3(C)[C@@H](OC(C)=O)[C@@H](OC(=O)c4ccccc4)C[C@@H](C)[C@@]13OC2(C)C. The maximum atomic E-state index is 13.5. The summed E-state index contributed by atoms with van der Waals surface area (Å²) >= 11 is 0. The molecule has 0 amide bonds. The second-order valence-corrected chi connectivity index (χ2v) is 12.4. The van der Waals surface area contributed by atoms with Crippen molar-refractivity contribution in [3.8, 4) is 0 Å². The highest BCUT2D eigenvalue weighted by Gasteiger charge is 2.80. The van der Waals surface area contributed by atoms with Crippen LogP contribution in [0.3, 0.4) is 0 Å². The highest BCUT2D eigenvalue weighted by molar-refractivity contribution is 5.90. The Labute approximate surface area is 245 Å². The van der Waals surface area contributed by atoms with Crippen LogP contribution in [0.5, 0.6) is 0 Å². The Balaban J connectivity index is 1.64. The number of esters is 4. The van der Waals surface area contributed by atoms with Crippen molar-refractivity contribution in [3.63, 3.8) is 0 Å². The zero-order chi connectivity index (χ0) is 30.4. The smallest absolute Gasteiger partial charge is 0.338 e. The fraction of sp³-hybridized carbons (Fsp3) is 0.515. The van der Waals surface area contributed by atoms with Gasteiger partial charge in [0.2, 0.25) is 0 Å². The summed E-state index contributed by atoms with van der Waals surface area (Å²) in [5.41, 5.74) is -2.58. The Morgan fingerprint density at radius 3 is 1.74 bits per heavy atom. The molecular weight excluding hydrogens is 540 g/mol. The normalized spacial score (nSPS) is 34.4. The molecule has 2 saturated carbocycles. The van der Waals surface area contributed by atoms with Crippen LogP contribution in [-0.4, -0.2) is 59.5 Å². The first kappa shape index (κ1) is 29.8. The minimum atomic E-state index is -1.28. The molecule has 3 aliphatic rings. The number of rotatable bonds is 6. The fourth-order valence-electron chi connectivity index (χ4n) is 7.69. The molecular formula is C33H38O9.